The first-order valence-electron chi connectivity index (χ1n) is 9.83. The lowest BCUT2D eigenvalue weighted by Gasteiger charge is -2.18. The van der Waals surface area contributed by atoms with Gasteiger partial charge in [-0.15, -0.1) is 0 Å². The summed E-state index contributed by atoms with van der Waals surface area (Å²) in [6.07, 6.45) is -0.482. The van der Waals surface area contributed by atoms with Gasteiger partial charge in [0.05, 0.1) is 19.1 Å². The highest BCUT2D eigenvalue weighted by atomic mass is 16.5. The number of fused-ring (bicyclic) bond motifs is 3. The van der Waals surface area contributed by atoms with Crippen LogP contribution in [0.4, 0.5) is 10.5 Å². The van der Waals surface area contributed by atoms with Crippen LogP contribution in [0.3, 0.4) is 0 Å². The summed E-state index contributed by atoms with van der Waals surface area (Å²) < 4.78 is 10.9. The molecule has 1 aromatic heterocycles. The summed E-state index contributed by atoms with van der Waals surface area (Å²) in [5, 5.41) is 7.68. The highest BCUT2D eigenvalue weighted by Crippen LogP contribution is 2.30. The lowest BCUT2D eigenvalue weighted by Crippen LogP contribution is -2.32. The molecule has 0 spiro atoms. The molecule has 3 aromatic carbocycles. The van der Waals surface area contributed by atoms with Crippen molar-refractivity contribution >= 4 is 39.6 Å². The quantitative estimate of drug-likeness (QED) is 0.452. The maximum absolute atomic E-state index is 12.7. The van der Waals surface area contributed by atoms with Gasteiger partial charge >= 0.3 is 6.09 Å². The van der Waals surface area contributed by atoms with Crippen molar-refractivity contribution in [3.63, 3.8) is 0 Å². The van der Waals surface area contributed by atoms with Crippen molar-refractivity contribution in [3.05, 3.63) is 78.4 Å². The van der Waals surface area contributed by atoms with Crippen molar-refractivity contribution in [1.82, 2.24) is 5.32 Å². The minimum absolute atomic E-state index is 0.0704. The average molecular weight is 402 g/mol. The van der Waals surface area contributed by atoms with E-state index in [9.17, 15) is 9.59 Å². The number of carbonyl (C=O) groups is 2. The summed E-state index contributed by atoms with van der Waals surface area (Å²) >= 11 is 0. The van der Waals surface area contributed by atoms with Crippen molar-refractivity contribution in [2.24, 2.45) is 0 Å². The maximum Gasteiger partial charge on any atom is 0.407 e. The first-order valence-corrected chi connectivity index (χ1v) is 9.83. The molecule has 6 nitrogen and oxygen atoms in total. The molecular weight excluding hydrogens is 380 g/mol. The number of benzene rings is 3. The van der Waals surface area contributed by atoms with E-state index in [1.54, 1.807) is 6.92 Å². The summed E-state index contributed by atoms with van der Waals surface area (Å²) in [5.41, 5.74) is 2.97. The number of hydrogen-bond acceptors (Lipinski definition) is 4. The summed E-state index contributed by atoms with van der Waals surface area (Å²) in [5.74, 6) is -0.226. The molecule has 0 aliphatic rings. The molecule has 6 heteroatoms. The Morgan fingerprint density at radius 3 is 2.47 bits per heavy atom. The van der Waals surface area contributed by atoms with Crippen LogP contribution in [0.2, 0.25) is 0 Å². The lowest BCUT2D eigenvalue weighted by molar-refractivity contribution is -0.116. The van der Waals surface area contributed by atoms with Crippen LogP contribution in [0.1, 0.15) is 24.9 Å². The molecule has 0 saturated heterocycles. The van der Waals surface area contributed by atoms with Crippen molar-refractivity contribution in [3.8, 4) is 0 Å². The van der Waals surface area contributed by atoms with E-state index in [4.69, 9.17) is 9.15 Å². The Morgan fingerprint density at radius 1 is 0.933 bits per heavy atom. The molecule has 0 unspecified atom stereocenters. The fourth-order valence-electron chi connectivity index (χ4n) is 3.45. The number of carbonyl (C=O) groups excluding carboxylic acids is 2. The Labute approximate surface area is 173 Å². The van der Waals surface area contributed by atoms with Gasteiger partial charge in [0.15, 0.2) is 0 Å². The van der Waals surface area contributed by atoms with Gasteiger partial charge in [-0.25, -0.2) is 4.79 Å². The molecule has 1 heterocycles. The van der Waals surface area contributed by atoms with E-state index < -0.39 is 12.1 Å². The zero-order valence-corrected chi connectivity index (χ0v) is 16.6. The van der Waals surface area contributed by atoms with Crippen LogP contribution in [0.5, 0.6) is 0 Å². The van der Waals surface area contributed by atoms with Gasteiger partial charge in [-0.2, -0.15) is 0 Å². The van der Waals surface area contributed by atoms with Crippen LogP contribution in [0.25, 0.3) is 21.9 Å². The smallest absolute Gasteiger partial charge is 0.407 e. The van der Waals surface area contributed by atoms with E-state index in [1.807, 2.05) is 72.8 Å². The summed E-state index contributed by atoms with van der Waals surface area (Å²) in [6, 6.07) is 22.2. The van der Waals surface area contributed by atoms with Crippen LogP contribution in [0.15, 0.2) is 77.2 Å². The third-order valence-corrected chi connectivity index (χ3v) is 4.82. The number of hydrogen-bond donors (Lipinski definition) is 2. The first-order chi connectivity index (χ1) is 14.6. The number of ether oxygens (including phenoxy) is 1. The van der Waals surface area contributed by atoms with Gasteiger partial charge in [0, 0.05) is 22.5 Å². The summed E-state index contributed by atoms with van der Waals surface area (Å²) in [6.45, 7) is 2.00. The number of anilines is 1. The fraction of sp³-hybridized carbons (Fsp3) is 0.167. The Morgan fingerprint density at radius 2 is 1.67 bits per heavy atom. The van der Waals surface area contributed by atoms with E-state index in [-0.39, 0.29) is 18.9 Å². The molecule has 2 amide bonds. The Balaban J connectivity index is 1.51. The molecule has 152 valence electrons. The Bertz CT molecular complexity index is 1180. The van der Waals surface area contributed by atoms with Gasteiger partial charge in [-0.1, -0.05) is 48.5 Å². The van der Waals surface area contributed by atoms with Gasteiger partial charge in [0.1, 0.15) is 11.2 Å². The number of furan rings is 1. The van der Waals surface area contributed by atoms with E-state index in [1.165, 1.54) is 0 Å². The van der Waals surface area contributed by atoms with E-state index in [2.05, 4.69) is 10.6 Å². The van der Waals surface area contributed by atoms with Gasteiger partial charge in [-0.3, -0.25) is 4.79 Å². The molecule has 4 rings (SSSR count). The zero-order chi connectivity index (χ0) is 20.9. The van der Waals surface area contributed by atoms with Crippen molar-refractivity contribution in [2.45, 2.75) is 19.4 Å². The Hall–Kier alpha value is -3.80. The number of para-hydroxylation sites is 1. The molecule has 4 aromatic rings. The monoisotopic (exact) mass is 402 g/mol. The summed E-state index contributed by atoms with van der Waals surface area (Å²) in [7, 11) is 0. The van der Waals surface area contributed by atoms with Crippen LogP contribution < -0.4 is 10.6 Å². The average Bonchev–Trinajstić information content (AvgIpc) is 3.12. The largest absolute Gasteiger partial charge is 0.456 e. The van der Waals surface area contributed by atoms with Gasteiger partial charge < -0.3 is 19.8 Å². The molecular formula is C24H22N2O4. The predicted molar refractivity (Wildman–Crippen MR) is 116 cm³/mol. The second-order valence-corrected chi connectivity index (χ2v) is 6.89. The number of nitrogens with one attached hydrogen (secondary N) is 2. The minimum atomic E-state index is -0.553. The minimum Gasteiger partial charge on any atom is -0.456 e. The first kappa shape index (κ1) is 19.5. The molecule has 0 fully saturated rings. The van der Waals surface area contributed by atoms with E-state index in [0.29, 0.717) is 11.3 Å². The van der Waals surface area contributed by atoms with E-state index in [0.717, 1.165) is 21.9 Å². The standard InChI is InChI=1S/C24H22N2O4/c1-2-29-24(28)26-20(16-8-4-3-5-9-16)15-23(27)25-17-12-13-19-18-10-6-7-11-21(18)30-22(19)14-17/h3-14,20H,2,15H2,1H3,(H,25,27)(H,26,28)/t20-/m0/s1. The second-order valence-electron chi connectivity index (χ2n) is 6.89. The SMILES string of the molecule is CCOC(=O)N[C@@H](CC(=O)Nc1ccc2c(c1)oc1ccccc12)c1ccccc1. The topological polar surface area (TPSA) is 80.6 Å². The molecule has 0 radical (unpaired) electrons. The third kappa shape index (κ3) is 4.27. The summed E-state index contributed by atoms with van der Waals surface area (Å²) in [4.78, 5) is 24.6. The molecule has 0 bridgehead atoms. The molecule has 0 saturated carbocycles. The van der Waals surface area contributed by atoms with Gasteiger partial charge in [0.2, 0.25) is 5.91 Å². The molecule has 30 heavy (non-hydrogen) atoms. The Kier molecular flexibility index (Phi) is 5.66. The van der Waals surface area contributed by atoms with Crippen molar-refractivity contribution < 1.29 is 18.7 Å². The van der Waals surface area contributed by atoms with Crippen LogP contribution in [-0.4, -0.2) is 18.6 Å². The molecule has 2 N–H and O–H groups in total. The highest BCUT2D eigenvalue weighted by Gasteiger charge is 2.19. The van der Waals surface area contributed by atoms with Gasteiger partial charge in [-0.05, 0) is 30.7 Å². The van der Waals surface area contributed by atoms with Crippen LogP contribution in [-0.2, 0) is 9.53 Å². The number of amides is 2. The normalized spacial score (nSPS) is 11.9. The molecule has 0 aliphatic carbocycles. The van der Waals surface area contributed by atoms with Crippen LogP contribution in [0, 0.1) is 0 Å². The lowest BCUT2D eigenvalue weighted by atomic mass is 10.0. The van der Waals surface area contributed by atoms with Crippen molar-refractivity contribution in [1.29, 1.82) is 0 Å². The third-order valence-electron chi connectivity index (χ3n) is 4.82. The second kappa shape index (κ2) is 8.69. The molecule has 1 atom stereocenters. The van der Waals surface area contributed by atoms with Crippen LogP contribution >= 0.6 is 0 Å². The molecule has 0 aliphatic heterocycles. The number of alkyl carbamates (subject to hydrolysis) is 1. The highest BCUT2D eigenvalue weighted by molar-refractivity contribution is 6.06. The van der Waals surface area contributed by atoms with E-state index >= 15 is 0 Å². The fourth-order valence-corrected chi connectivity index (χ4v) is 3.45. The maximum atomic E-state index is 12.7. The zero-order valence-electron chi connectivity index (χ0n) is 16.6. The predicted octanol–water partition coefficient (Wildman–Crippen LogP) is 5.40. The number of rotatable bonds is 6. The van der Waals surface area contributed by atoms with Crippen molar-refractivity contribution in [2.75, 3.05) is 11.9 Å². The van der Waals surface area contributed by atoms with Gasteiger partial charge in [0.25, 0.3) is 0 Å².